The van der Waals surface area contributed by atoms with E-state index in [4.69, 9.17) is 0 Å². The van der Waals surface area contributed by atoms with Gasteiger partial charge in [0.15, 0.2) is 0 Å². The van der Waals surface area contributed by atoms with Gasteiger partial charge in [-0.1, -0.05) is 18.2 Å². The summed E-state index contributed by atoms with van der Waals surface area (Å²) < 4.78 is 1.58. The molecule has 6 heteroatoms. The molecule has 2 heterocycles. The molecule has 0 saturated heterocycles. The molecule has 0 atom stereocenters. The fourth-order valence-electron chi connectivity index (χ4n) is 1.92. The quantitative estimate of drug-likeness (QED) is 0.798. The van der Waals surface area contributed by atoms with E-state index in [0.29, 0.717) is 17.2 Å². The minimum Gasteiger partial charge on any atom is -0.319 e. The second-order valence-corrected chi connectivity index (χ2v) is 4.42. The van der Waals surface area contributed by atoms with E-state index in [1.165, 1.54) is 0 Å². The number of nitrogens with one attached hydrogen (secondary N) is 1. The Bertz CT molecular complexity index is 752. The molecule has 0 spiro atoms. The largest absolute Gasteiger partial charge is 0.319 e. The average Bonchev–Trinajstić information content (AvgIpc) is 2.90. The number of carbonyl (C=O) groups excluding carboxylic acids is 1. The van der Waals surface area contributed by atoms with Crippen molar-refractivity contribution in [2.45, 2.75) is 6.92 Å². The van der Waals surface area contributed by atoms with Crippen LogP contribution in [0.15, 0.2) is 55.0 Å². The standard InChI is InChI=1S/C15H13N5O/c1-11-13(19-14(21)12-6-3-2-4-7-12)10-18-20(11)15-16-8-5-9-17-15/h2-10H,1H3,(H,19,21). The maximum Gasteiger partial charge on any atom is 0.255 e. The van der Waals surface area contributed by atoms with Gasteiger partial charge >= 0.3 is 0 Å². The van der Waals surface area contributed by atoms with Crippen molar-refractivity contribution in [2.24, 2.45) is 0 Å². The number of amides is 1. The summed E-state index contributed by atoms with van der Waals surface area (Å²) in [5.74, 6) is 0.294. The highest BCUT2D eigenvalue weighted by molar-refractivity contribution is 6.04. The lowest BCUT2D eigenvalue weighted by atomic mass is 10.2. The van der Waals surface area contributed by atoms with E-state index >= 15 is 0 Å². The molecule has 0 aliphatic carbocycles. The summed E-state index contributed by atoms with van der Waals surface area (Å²) in [7, 11) is 0. The molecule has 2 aromatic heterocycles. The van der Waals surface area contributed by atoms with Crippen molar-refractivity contribution in [1.82, 2.24) is 19.7 Å². The average molecular weight is 279 g/mol. The fourth-order valence-corrected chi connectivity index (χ4v) is 1.92. The first-order valence-electron chi connectivity index (χ1n) is 6.44. The topological polar surface area (TPSA) is 72.7 Å². The van der Waals surface area contributed by atoms with Gasteiger partial charge in [0.2, 0.25) is 0 Å². The van der Waals surface area contributed by atoms with Gasteiger partial charge in [0.25, 0.3) is 11.9 Å². The highest BCUT2D eigenvalue weighted by Crippen LogP contribution is 2.17. The van der Waals surface area contributed by atoms with Crippen molar-refractivity contribution < 1.29 is 4.79 Å². The van der Waals surface area contributed by atoms with E-state index in [9.17, 15) is 4.79 Å². The molecule has 1 N–H and O–H groups in total. The zero-order chi connectivity index (χ0) is 14.7. The van der Waals surface area contributed by atoms with E-state index in [1.54, 1.807) is 41.5 Å². The van der Waals surface area contributed by atoms with E-state index < -0.39 is 0 Å². The van der Waals surface area contributed by atoms with Crippen LogP contribution in [0.2, 0.25) is 0 Å². The Morgan fingerprint density at radius 2 is 1.81 bits per heavy atom. The van der Waals surface area contributed by atoms with Crippen molar-refractivity contribution in [3.63, 3.8) is 0 Å². The minimum absolute atomic E-state index is 0.174. The third-order valence-electron chi connectivity index (χ3n) is 3.04. The molecular weight excluding hydrogens is 266 g/mol. The Labute approximate surface area is 121 Å². The van der Waals surface area contributed by atoms with Crippen molar-refractivity contribution in [3.8, 4) is 5.95 Å². The van der Waals surface area contributed by atoms with Crippen LogP contribution in [0.1, 0.15) is 16.1 Å². The Morgan fingerprint density at radius 1 is 1.10 bits per heavy atom. The number of carbonyl (C=O) groups is 1. The van der Waals surface area contributed by atoms with Crippen molar-refractivity contribution >= 4 is 11.6 Å². The van der Waals surface area contributed by atoms with Gasteiger partial charge in [0, 0.05) is 18.0 Å². The molecule has 104 valence electrons. The van der Waals surface area contributed by atoms with Crippen molar-refractivity contribution in [3.05, 3.63) is 66.2 Å². The number of hydrogen-bond donors (Lipinski definition) is 1. The van der Waals surface area contributed by atoms with E-state index in [2.05, 4.69) is 20.4 Å². The number of benzene rings is 1. The summed E-state index contributed by atoms with van der Waals surface area (Å²) in [6.45, 7) is 1.85. The Morgan fingerprint density at radius 3 is 2.52 bits per heavy atom. The van der Waals surface area contributed by atoms with E-state index in [0.717, 1.165) is 5.69 Å². The summed E-state index contributed by atoms with van der Waals surface area (Å²) in [5, 5.41) is 7.05. The van der Waals surface area contributed by atoms with Gasteiger partial charge in [-0.3, -0.25) is 4.79 Å². The molecule has 0 bridgehead atoms. The van der Waals surface area contributed by atoms with Crippen LogP contribution in [-0.2, 0) is 0 Å². The number of nitrogens with zero attached hydrogens (tertiary/aromatic N) is 4. The maximum atomic E-state index is 12.1. The predicted molar refractivity (Wildman–Crippen MR) is 78.3 cm³/mol. The lowest BCUT2D eigenvalue weighted by molar-refractivity contribution is 0.102. The van der Waals surface area contributed by atoms with E-state index in [-0.39, 0.29) is 5.91 Å². The molecule has 6 nitrogen and oxygen atoms in total. The Balaban J connectivity index is 1.85. The number of hydrogen-bond acceptors (Lipinski definition) is 4. The molecule has 1 aromatic carbocycles. The van der Waals surface area contributed by atoms with Crippen molar-refractivity contribution in [2.75, 3.05) is 5.32 Å². The molecule has 0 aliphatic rings. The Kier molecular flexibility index (Phi) is 3.42. The summed E-state index contributed by atoms with van der Waals surface area (Å²) >= 11 is 0. The molecule has 0 radical (unpaired) electrons. The second kappa shape index (κ2) is 5.54. The highest BCUT2D eigenvalue weighted by Gasteiger charge is 2.13. The molecule has 0 aliphatic heterocycles. The molecule has 3 aromatic rings. The van der Waals surface area contributed by atoms with Gasteiger partial charge in [0.1, 0.15) is 0 Å². The zero-order valence-corrected chi connectivity index (χ0v) is 11.4. The molecule has 0 fully saturated rings. The number of aromatic nitrogens is 4. The third kappa shape index (κ3) is 2.64. The van der Waals surface area contributed by atoms with Crippen LogP contribution in [0.5, 0.6) is 0 Å². The number of anilines is 1. The smallest absolute Gasteiger partial charge is 0.255 e. The second-order valence-electron chi connectivity index (χ2n) is 4.42. The first-order chi connectivity index (χ1) is 10.3. The molecule has 0 saturated carbocycles. The van der Waals surface area contributed by atoms with Gasteiger partial charge in [0.05, 0.1) is 17.6 Å². The van der Waals surface area contributed by atoms with Gasteiger partial charge in [-0.05, 0) is 25.1 Å². The van der Waals surface area contributed by atoms with E-state index in [1.807, 2.05) is 25.1 Å². The lowest BCUT2D eigenvalue weighted by Gasteiger charge is -2.05. The number of rotatable bonds is 3. The third-order valence-corrected chi connectivity index (χ3v) is 3.04. The SMILES string of the molecule is Cc1c(NC(=O)c2ccccc2)cnn1-c1ncccn1. The highest BCUT2D eigenvalue weighted by atomic mass is 16.1. The minimum atomic E-state index is -0.174. The van der Waals surface area contributed by atoms with Crippen LogP contribution in [0.3, 0.4) is 0 Å². The first-order valence-corrected chi connectivity index (χ1v) is 6.44. The predicted octanol–water partition coefficient (Wildman–Crippen LogP) is 2.22. The van der Waals surface area contributed by atoms with Crippen LogP contribution in [0.25, 0.3) is 5.95 Å². The molecule has 3 rings (SSSR count). The summed E-state index contributed by atoms with van der Waals surface area (Å²) in [5.41, 5.74) is 2.00. The van der Waals surface area contributed by atoms with Crippen LogP contribution < -0.4 is 5.32 Å². The molecule has 1 amide bonds. The van der Waals surface area contributed by atoms with Crippen LogP contribution in [0, 0.1) is 6.92 Å². The molecule has 0 unspecified atom stereocenters. The summed E-state index contributed by atoms with van der Waals surface area (Å²) in [6, 6.07) is 10.8. The first kappa shape index (κ1) is 13.0. The van der Waals surface area contributed by atoms with Gasteiger partial charge < -0.3 is 5.32 Å². The van der Waals surface area contributed by atoms with Crippen LogP contribution >= 0.6 is 0 Å². The van der Waals surface area contributed by atoms with Gasteiger partial charge in [-0.2, -0.15) is 5.10 Å². The maximum absolute atomic E-state index is 12.1. The monoisotopic (exact) mass is 279 g/mol. The zero-order valence-electron chi connectivity index (χ0n) is 11.4. The van der Waals surface area contributed by atoms with Crippen LogP contribution in [-0.4, -0.2) is 25.7 Å². The molecular formula is C15H13N5O. The summed E-state index contributed by atoms with van der Waals surface area (Å²) in [4.78, 5) is 20.4. The summed E-state index contributed by atoms with van der Waals surface area (Å²) in [6.07, 6.45) is 4.88. The normalized spacial score (nSPS) is 10.3. The Hall–Kier alpha value is -3.02. The molecule has 21 heavy (non-hydrogen) atoms. The van der Waals surface area contributed by atoms with Gasteiger partial charge in [-0.25, -0.2) is 14.6 Å². The van der Waals surface area contributed by atoms with Crippen LogP contribution in [0.4, 0.5) is 5.69 Å². The lowest BCUT2D eigenvalue weighted by Crippen LogP contribution is -2.12. The van der Waals surface area contributed by atoms with Gasteiger partial charge in [-0.15, -0.1) is 0 Å². The van der Waals surface area contributed by atoms with Crippen molar-refractivity contribution in [1.29, 1.82) is 0 Å². The fraction of sp³-hybridized carbons (Fsp3) is 0.0667.